The smallest absolute Gasteiger partial charge is 0.139 e. The van der Waals surface area contributed by atoms with Crippen molar-refractivity contribution in [3.05, 3.63) is 0 Å². The van der Waals surface area contributed by atoms with Gasteiger partial charge in [0.1, 0.15) is 5.84 Å². The monoisotopic (exact) mass is 217 g/mol. The molecule has 5 heteroatoms. The Morgan fingerprint density at radius 1 is 1.53 bits per heavy atom. The highest BCUT2D eigenvalue weighted by molar-refractivity contribution is 5.79. The molecule has 4 N–H and O–H groups in total. The van der Waals surface area contributed by atoms with E-state index in [1.165, 1.54) is 0 Å². The number of hydrogen-bond donors (Lipinski definition) is 3. The molecule has 1 atom stereocenters. The minimum atomic E-state index is 0.263. The predicted molar refractivity (Wildman–Crippen MR) is 61.2 cm³/mol. The third-order valence-electron chi connectivity index (χ3n) is 2.05. The normalized spacial score (nSPS) is 14.1. The molecule has 0 saturated carbocycles. The highest BCUT2D eigenvalue weighted by Gasteiger charge is 1.99. The van der Waals surface area contributed by atoms with Gasteiger partial charge in [-0.25, -0.2) is 0 Å². The van der Waals surface area contributed by atoms with E-state index in [1.54, 1.807) is 0 Å². The standard InChI is InChI=1S/C10H23N3O2/c1-3-15-9(2)8-12-7-5-4-6-10(11)13-14/h9,12,14H,3-8H2,1-2H3,(H2,11,13). The first kappa shape index (κ1) is 14.2. The van der Waals surface area contributed by atoms with Crippen molar-refractivity contribution in [2.45, 2.75) is 39.2 Å². The zero-order chi connectivity index (χ0) is 11.5. The van der Waals surface area contributed by atoms with Crippen LogP contribution in [0, 0.1) is 0 Å². The topological polar surface area (TPSA) is 79.9 Å². The summed E-state index contributed by atoms with van der Waals surface area (Å²) in [7, 11) is 0. The number of unbranched alkanes of at least 4 members (excludes halogenated alkanes) is 1. The van der Waals surface area contributed by atoms with E-state index in [4.69, 9.17) is 15.7 Å². The van der Waals surface area contributed by atoms with Crippen molar-refractivity contribution in [3.63, 3.8) is 0 Å². The molecule has 0 aliphatic heterocycles. The van der Waals surface area contributed by atoms with E-state index in [-0.39, 0.29) is 6.10 Å². The molecule has 5 nitrogen and oxygen atoms in total. The highest BCUT2D eigenvalue weighted by Crippen LogP contribution is 1.94. The average molecular weight is 217 g/mol. The average Bonchev–Trinajstić information content (AvgIpc) is 2.23. The Bertz CT molecular complexity index is 174. The van der Waals surface area contributed by atoms with Crippen LogP contribution in [-0.2, 0) is 4.74 Å². The molecule has 0 rings (SSSR count). The molecule has 0 aromatic carbocycles. The van der Waals surface area contributed by atoms with Gasteiger partial charge < -0.3 is 21.0 Å². The number of nitrogens with two attached hydrogens (primary N) is 1. The van der Waals surface area contributed by atoms with Crippen LogP contribution in [0.4, 0.5) is 0 Å². The highest BCUT2D eigenvalue weighted by atomic mass is 16.5. The van der Waals surface area contributed by atoms with Crippen molar-refractivity contribution in [1.82, 2.24) is 5.32 Å². The van der Waals surface area contributed by atoms with Gasteiger partial charge in [0.05, 0.1) is 6.10 Å². The van der Waals surface area contributed by atoms with Crippen molar-refractivity contribution in [3.8, 4) is 0 Å². The minimum Gasteiger partial charge on any atom is -0.409 e. The second-order valence-corrected chi connectivity index (χ2v) is 3.52. The van der Waals surface area contributed by atoms with Gasteiger partial charge in [-0.3, -0.25) is 0 Å². The van der Waals surface area contributed by atoms with Gasteiger partial charge in [0, 0.05) is 19.6 Å². The van der Waals surface area contributed by atoms with Crippen molar-refractivity contribution in [1.29, 1.82) is 0 Å². The van der Waals surface area contributed by atoms with Gasteiger partial charge >= 0.3 is 0 Å². The summed E-state index contributed by atoms with van der Waals surface area (Å²) >= 11 is 0. The third kappa shape index (κ3) is 9.49. The van der Waals surface area contributed by atoms with Gasteiger partial charge in [0.2, 0.25) is 0 Å². The quantitative estimate of drug-likeness (QED) is 0.176. The number of nitrogens with one attached hydrogen (secondary N) is 1. The summed E-state index contributed by atoms with van der Waals surface area (Å²) in [5.41, 5.74) is 5.34. The van der Waals surface area contributed by atoms with Gasteiger partial charge in [-0.05, 0) is 33.2 Å². The summed E-state index contributed by atoms with van der Waals surface area (Å²) in [4.78, 5) is 0. The van der Waals surface area contributed by atoms with Gasteiger partial charge in [0.25, 0.3) is 0 Å². The molecule has 0 aromatic heterocycles. The Kier molecular flexibility index (Phi) is 9.21. The largest absolute Gasteiger partial charge is 0.409 e. The maximum atomic E-state index is 8.30. The molecule has 0 heterocycles. The fourth-order valence-corrected chi connectivity index (χ4v) is 1.25. The molecular weight excluding hydrogens is 194 g/mol. The Balaban J connectivity index is 3.18. The van der Waals surface area contributed by atoms with Crippen molar-refractivity contribution in [2.75, 3.05) is 19.7 Å². The zero-order valence-electron chi connectivity index (χ0n) is 9.70. The molecule has 0 radical (unpaired) electrons. The van der Waals surface area contributed by atoms with E-state index in [0.29, 0.717) is 12.3 Å². The molecular formula is C10H23N3O2. The van der Waals surface area contributed by atoms with Gasteiger partial charge in [-0.2, -0.15) is 0 Å². The van der Waals surface area contributed by atoms with Crippen LogP contribution in [0.15, 0.2) is 5.16 Å². The Morgan fingerprint density at radius 2 is 2.27 bits per heavy atom. The first-order valence-electron chi connectivity index (χ1n) is 5.49. The molecule has 0 saturated heterocycles. The molecule has 15 heavy (non-hydrogen) atoms. The van der Waals surface area contributed by atoms with E-state index >= 15 is 0 Å². The number of rotatable bonds is 9. The van der Waals surface area contributed by atoms with E-state index in [1.807, 2.05) is 13.8 Å². The lowest BCUT2D eigenvalue weighted by molar-refractivity contribution is 0.0762. The summed E-state index contributed by atoms with van der Waals surface area (Å²) < 4.78 is 5.37. The molecule has 1 unspecified atom stereocenters. The number of nitrogens with zero attached hydrogens (tertiary/aromatic N) is 1. The zero-order valence-corrected chi connectivity index (χ0v) is 9.70. The molecule has 0 fully saturated rings. The van der Waals surface area contributed by atoms with Crippen LogP contribution < -0.4 is 11.1 Å². The number of hydrogen-bond acceptors (Lipinski definition) is 4. The molecule has 0 aliphatic rings. The van der Waals surface area contributed by atoms with Crippen LogP contribution in [0.1, 0.15) is 33.1 Å². The summed E-state index contributed by atoms with van der Waals surface area (Å²) in [6.45, 7) is 6.61. The van der Waals surface area contributed by atoms with Gasteiger partial charge in [-0.1, -0.05) is 5.16 Å². The molecule has 0 bridgehead atoms. The fourth-order valence-electron chi connectivity index (χ4n) is 1.25. The molecule has 0 aromatic rings. The maximum absolute atomic E-state index is 8.30. The van der Waals surface area contributed by atoms with Gasteiger partial charge in [0.15, 0.2) is 0 Å². The second kappa shape index (κ2) is 9.73. The van der Waals surface area contributed by atoms with Gasteiger partial charge in [-0.15, -0.1) is 0 Å². The van der Waals surface area contributed by atoms with Crippen LogP contribution in [0.3, 0.4) is 0 Å². The Labute approximate surface area is 91.7 Å². The summed E-state index contributed by atoms with van der Waals surface area (Å²) in [5.74, 6) is 0.303. The van der Waals surface area contributed by atoms with Crippen LogP contribution in [0.2, 0.25) is 0 Å². The molecule has 0 amide bonds. The number of ether oxygens (including phenoxy) is 1. The lowest BCUT2D eigenvalue weighted by Crippen LogP contribution is -2.27. The lowest BCUT2D eigenvalue weighted by Gasteiger charge is -2.12. The summed E-state index contributed by atoms with van der Waals surface area (Å²) in [5, 5.41) is 14.5. The maximum Gasteiger partial charge on any atom is 0.139 e. The second-order valence-electron chi connectivity index (χ2n) is 3.52. The first-order valence-corrected chi connectivity index (χ1v) is 5.49. The van der Waals surface area contributed by atoms with E-state index in [2.05, 4.69) is 10.5 Å². The Morgan fingerprint density at radius 3 is 2.87 bits per heavy atom. The van der Waals surface area contributed by atoms with E-state index in [9.17, 15) is 0 Å². The Hall–Kier alpha value is -0.810. The SMILES string of the molecule is CCOC(C)CNCCCCC(N)=NO. The van der Waals surface area contributed by atoms with E-state index < -0.39 is 0 Å². The number of amidine groups is 1. The van der Waals surface area contributed by atoms with Crippen molar-refractivity contribution >= 4 is 5.84 Å². The third-order valence-corrected chi connectivity index (χ3v) is 2.05. The minimum absolute atomic E-state index is 0.263. The summed E-state index contributed by atoms with van der Waals surface area (Å²) in [6, 6.07) is 0. The van der Waals surface area contributed by atoms with E-state index in [0.717, 1.165) is 32.5 Å². The van der Waals surface area contributed by atoms with Crippen molar-refractivity contribution in [2.24, 2.45) is 10.9 Å². The van der Waals surface area contributed by atoms with Crippen LogP contribution >= 0.6 is 0 Å². The number of oxime groups is 1. The fraction of sp³-hybridized carbons (Fsp3) is 0.900. The van der Waals surface area contributed by atoms with Crippen LogP contribution in [0.5, 0.6) is 0 Å². The lowest BCUT2D eigenvalue weighted by atomic mass is 10.2. The van der Waals surface area contributed by atoms with Crippen LogP contribution in [-0.4, -0.2) is 36.8 Å². The molecule has 0 spiro atoms. The molecule has 0 aliphatic carbocycles. The molecule has 90 valence electrons. The predicted octanol–water partition coefficient (Wildman–Crippen LogP) is 0.918. The first-order chi connectivity index (χ1) is 7.20. The van der Waals surface area contributed by atoms with Crippen LogP contribution in [0.25, 0.3) is 0 Å². The summed E-state index contributed by atoms with van der Waals surface area (Å²) in [6.07, 6.45) is 2.87. The van der Waals surface area contributed by atoms with Crippen molar-refractivity contribution < 1.29 is 9.94 Å².